The fourth-order valence-electron chi connectivity index (χ4n) is 3.31. The summed E-state index contributed by atoms with van der Waals surface area (Å²) in [6.45, 7) is 8.67. The first-order valence-electron chi connectivity index (χ1n) is 8.70. The van der Waals surface area contributed by atoms with E-state index in [9.17, 15) is 4.79 Å². The predicted octanol–water partition coefficient (Wildman–Crippen LogP) is 1.78. The van der Waals surface area contributed by atoms with Crippen LogP contribution >= 0.6 is 0 Å². The van der Waals surface area contributed by atoms with Gasteiger partial charge in [-0.3, -0.25) is 9.69 Å². The average Bonchev–Trinajstić information content (AvgIpc) is 2.92. The molecule has 3 rings (SSSR count). The highest BCUT2D eigenvalue weighted by atomic mass is 16.5. The predicted molar refractivity (Wildman–Crippen MR) is 93.7 cm³/mol. The Morgan fingerprint density at radius 2 is 2.25 bits per heavy atom. The van der Waals surface area contributed by atoms with Gasteiger partial charge in [-0.15, -0.1) is 0 Å². The summed E-state index contributed by atoms with van der Waals surface area (Å²) in [4.78, 5) is 18.2. The van der Waals surface area contributed by atoms with Gasteiger partial charge in [0.15, 0.2) is 0 Å². The summed E-state index contributed by atoms with van der Waals surface area (Å²) < 4.78 is 8.11. The lowest BCUT2D eigenvalue weighted by molar-refractivity contribution is -0.119. The Morgan fingerprint density at radius 3 is 3.04 bits per heavy atom. The monoisotopic (exact) mass is 330 g/mol. The molecule has 0 aliphatic carbocycles. The Bertz CT molecular complexity index is 697. The highest BCUT2D eigenvalue weighted by Gasteiger charge is 2.22. The topological polar surface area (TPSA) is 59.4 Å². The summed E-state index contributed by atoms with van der Waals surface area (Å²) >= 11 is 0. The maximum atomic E-state index is 11.0. The fourth-order valence-corrected chi connectivity index (χ4v) is 3.31. The van der Waals surface area contributed by atoms with Gasteiger partial charge in [0, 0.05) is 33.1 Å². The fraction of sp³-hybridized carbons (Fsp3) is 0.556. The molecule has 1 aromatic heterocycles. The number of rotatable bonds is 6. The van der Waals surface area contributed by atoms with Crippen LogP contribution in [0.1, 0.15) is 26.1 Å². The van der Waals surface area contributed by atoms with Gasteiger partial charge in [0.2, 0.25) is 5.91 Å². The molecule has 1 aliphatic rings. The SMILES string of the molecule is CCn1c(CN2CCOC(CCNC(C)=O)C2)nc2ccccc21. The third-order valence-corrected chi connectivity index (χ3v) is 4.48. The van der Waals surface area contributed by atoms with E-state index in [2.05, 4.69) is 39.9 Å². The molecular weight excluding hydrogens is 304 g/mol. The zero-order valence-corrected chi connectivity index (χ0v) is 14.5. The molecule has 0 bridgehead atoms. The van der Waals surface area contributed by atoms with Crippen LogP contribution in [0.15, 0.2) is 24.3 Å². The number of aromatic nitrogens is 2. The van der Waals surface area contributed by atoms with Crippen molar-refractivity contribution in [1.82, 2.24) is 19.8 Å². The first-order chi connectivity index (χ1) is 11.7. The zero-order valence-electron chi connectivity index (χ0n) is 14.5. The normalized spacial score (nSPS) is 18.8. The van der Waals surface area contributed by atoms with Gasteiger partial charge in [0.05, 0.1) is 30.3 Å². The molecule has 1 unspecified atom stereocenters. The van der Waals surface area contributed by atoms with Crippen molar-refractivity contribution in [2.45, 2.75) is 39.5 Å². The molecule has 130 valence electrons. The van der Waals surface area contributed by atoms with E-state index in [0.29, 0.717) is 6.54 Å². The van der Waals surface area contributed by atoms with Gasteiger partial charge in [-0.25, -0.2) is 4.98 Å². The summed E-state index contributed by atoms with van der Waals surface area (Å²) in [6, 6.07) is 8.30. The number of nitrogens with zero attached hydrogens (tertiary/aromatic N) is 3. The molecule has 1 aromatic carbocycles. The van der Waals surface area contributed by atoms with Crippen LogP contribution in [0.2, 0.25) is 0 Å². The molecule has 24 heavy (non-hydrogen) atoms. The molecule has 1 aliphatic heterocycles. The minimum absolute atomic E-state index is 0.0133. The number of fused-ring (bicyclic) bond motifs is 1. The molecule has 1 N–H and O–H groups in total. The number of benzene rings is 1. The van der Waals surface area contributed by atoms with Crippen LogP contribution in [-0.2, 0) is 22.6 Å². The van der Waals surface area contributed by atoms with E-state index in [4.69, 9.17) is 9.72 Å². The Hall–Kier alpha value is -1.92. The number of hydrogen-bond acceptors (Lipinski definition) is 4. The molecule has 1 fully saturated rings. The third kappa shape index (κ3) is 3.94. The molecular formula is C18H26N4O2. The molecule has 1 atom stereocenters. The van der Waals surface area contributed by atoms with Crippen molar-refractivity contribution >= 4 is 16.9 Å². The molecule has 6 nitrogen and oxygen atoms in total. The van der Waals surface area contributed by atoms with Gasteiger partial charge in [-0.2, -0.15) is 0 Å². The Morgan fingerprint density at radius 1 is 1.42 bits per heavy atom. The molecule has 2 aromatic rings. The van der Waals surface area contributed by atoms with Crippen molar-refractivity contribution in [3.63, 3.8) is 0 Å². The van der Waals surface area contributed by atoms with Crippen LogP contribution in [0.25, 0.3) is 11.0 Å². The molecule has 6 heteroatoms. The lowest BCUT2D eigenvalue weighted by Crippen LogP contribution is -2.43. The number of para-hydroxylation sites is 2. The van der Waals surface area contributed by atoms with E-state index in [1.165, 1.54) is 5.52 Å². The number of aryl methyl sites for hydroxylation is 1. The first kappa shape index (κ1) is 16.9. The quantitative estimate of drug-likeness (QED) is 0.877. The summed E-state index contributed by atoms with van der Waals surface area (Å²) in [5.41, 5.74) is 2.26. The highest BCUT2D eigenvalue weighted by Crippen LogP contribution is 2.18. The van der Waals surface area contributed by atoms with Gasteiger partial charge in [-0.05, 0) is 25.5 Å². The molecule has 1 amide bonds. The third-order valence-electron chi connectivity index (χ3n) is 4.48. The van der Waals surface area contributed by atoms with Gasteiger partial charge in [0.25, 0.3) is 0 Å². The maximum Gasteiger partial charge on any atom is 0.216 e. The minimum Gasteiger partial charge on any atom is -0.375 e. The number of ether oxygens (including phenoxy) is 1. The number of morpholine rings is 1. The standard InChI is InChI=1S/C18H26N4O2/c1-3-22-17-7-5-4-6-16(17)20-18(22)13-21-10-11-24-15(12-21)8-9-19-14(2)23/h4-7,15H,3,8-13H2,1-2H3,(H,19,23). The summed E-state index contributed by atoms with van der Waals surface area (Å²) in [6.07, 6.45) is 1.02. The molecule has 1 saturated heterocycles. The number of amides is 1. The minimum atomic E-state index is 0.0133. The van der Waals surface area contributed by atoms with Gasteiger partial charge < -0.3 is 14.6 Å². The molecule has 0 spiro atoms. The van der Waals surface area contributed by atoms with Crippen molar-refractivity contribution in [2.75, 3.05) is 26.2 Å². The smallest absolute Gasteiger partial charge is 0.216 e. The van der Waals surface area contributed by atoms with Crippen molar-refractivity contribution in [2.24, 2.45) is 0 Å². The van der Waals surface area contributed by atoms with Crippen LogP contribution in [0.4, 0.5) is 0 Å². The lowest BCUT2D eigenvalue weighted by Gasteiger charge is -2.32. The number of imidazole rings is 1. The molecule has 0 radical (unpaired) electrons. The number of carbonyl (C=O) groups excluding carboxylic acids is 1. The van der Waals surface area contributed by atoms with Crippen molar-refractivity contribution < 1.29 is 9.53 Å². The zero-order chi connectivity index (χ0) is 16.9. The first-order valence-corrected chi connectivity index (χ1v) is 8.70. The van der Waals surface area contributed by atoms with Crippen molar-refractivity contribution in [1.29, 1.82) is 0 Å². The number of carbonyl (C=O) groups is 1. The Labute approximate surface area is 142 Å². The van der Waals surface area contributed by atoms with E-state index in [1.807, 2.05) is 6.07 Å². The number of hydrogen-bond donors (Lipinski definition) is 1. The summed E-state index contributed by atoms with van der Waals surface area (Å²) in [5, 5.41) is 2.84. The van der Waals surface area contributed by atoms with Crippen LogP contribution < -0.4 is 5.32 Å². The van der Waals surface area contributed by atoms with Crippen molar-refractivity contribution in [3.8, 4) is 0 Å². The van der Waals surface area contributed by atoms with Crippen LogP contribution in [-0.4, -0.2) is 52.7 Å². The van der Waals surface area contributed by atoms with Crippen LogP contribution in [0, 0.1) is 0 Å². The van der Waals surface area contributed by atoms with Crippen LogP contribution in [0.3, 0.4) is 0 Å². The summed E-state index contributed by atoms with van der Waals surface area (Å²) in [5.74, 6) is 1.13. The largest absolute Gasteiger partial charge is 0.375 e. The van der Waals surface area contributed by atoms with Gasteiger partial charge in [-0.1, -0.05) is 12.1 Å². The van der Waals surface area contributed by atoms with Gasteiger partial charge >= 0.3 is 0 Å². The second-order valence-electron chi connectivity index (χ2n) is 6.26. The second-order valence-corrected chi connectivity index (χ2v) is 6.26. The summed E-state index contributed by atoms with van der Waals surface area (Å²) in [7, 11) is 0. The van der Waals surface area contributed by atoms with E-state index >= 15 is 0 Å². The molecule has 2 heterocycles. The highest BCUT2D eigenvalue weighted by molar-refractivity contribution is 5.75. The second kappa shape index (κ2) is 7.77. The van der Waals surface area contributed by atoms with E-state index in [1.54, 1.807) is 6.92 Å². The van der Waals surface area contributed by atoms with E-state index < -0.39 is 0 Å². The Kier molecular flexibility index (Phi) is 5.48. The Balaban J connectivity index is 1.64. The molecule has 0 saturated carbocycles. The van der Waals surface area contributed by atoms with Crippen LogP contribution in [0.5, 0.6) is 0 Å². The average molecular weight is 330 g/mol. The van der Waals surface area contributed by atoms with Gasteiger partial charge in [0.1, 0.15) is 5.82 Å². The lowest BCUT2D eigenvalue weighted by atomic mass is 10.2. The maximum absolute atomic E-state index is 11.0. The van der Waals surface area contributed by atoms with E-state index in [0.717, 1.165) is 50.5 Å². The van der Waals surface area contributed by atoms with E-state index in [-0.39, 0.29) is 12.0 Å². The van der Waals surface area contributed by atoms with Crippen molar-refractivity contribution in [3.05, 3.63) is 30.1 Å². The number of nitrogens with one attached hydrogen (secondary N) is 1.